The van der Waals surface area contributed by atoms with Crippen molar-refractivity contribution in [3.05, 3.63) is 35.4 Å². The molecule has 1 aliphatic heterocycles. The summed E-state index contributed by atoms with van der Waals surface area (Å²) in [6.07, 6.45) is 4.99. The minimum absolute atomic E-state index is 0.0449. The lowest BCUT2D eigenvalue weighted by atomic mass is 9.92. The third kappa shape index (κ3) is 5.39. The molecule has 0 unspecified atom stereocenters. The normalized spacial score (nSPS) is 15.4. The van der Waals surface area contributed by atoms with Crippen LogP contribution in [0.25, 0.3) is 10.3 Å². The number of thiazole rings is 1. The van der Waals surface area contributed by atoms with E-state index >= 15 is 0 Å². The monoisotopic (exact) mass is 457 g/mol. The molecule has 32 heavy (non-hydrogen) atoms. The average molecular weight is 458 g/mol. The number of likely N-dealkylation sites (tertiary alicyclic amines) is 1. The molecule has 3 heterocycles. The fraction of sp³-hybridized carbons (Fsp3) is 0.478. The minimum atomic E-state index is -0.384. The van der Waals surface area contributed by atoms with Crippen molar-refractivity contribution in [2.75, 3.05) is 25.5 Å². The number of anilines is 2. The summed E-state index contributed by atoms with van der Waals surface area (Å²) in [5.41, 5.74) is 1.10. The number of carbonyl (C=O) groups is 1. The number of halogens is 1. The van der Waals surface area contributed by atoms with Crippen molar-refractivity contribution in [3.8, 4) is 5.75 Å². The van der Waals surface area contributed by atoms with E-state index < -0.39 is 0 Å². The average Bonchev–Trinajstić information content (AvgIpc) is 3.20. The Hall–Kier alpha value is -2.65. The Bertz CT molecular complexity index is 1100. The van der Waals surface area contributed by atoms with Gasteiger partial charge in [0.25, 0.3) is 0 Å². The number of nitrogens with zero attached hydrogens (tertiary/aromatic N) is 4. The highest BCUT2D eigenvalue weighted by Crippen LogP contribution is 2.33. The van der Waals surface area contributed by atoms with Crippen LogP contribution in [0.3, 0.4) is 0 Å². The molecular formula is C23H28FN5O2S. The largest absolute Gasteiger partial charge is 0.489 e. The Kier molecular flexibility index (Phi) is 6.95. The lowest BCUT2D eigenvalue weighted by Gasteiger charge is -2.28. The number of ether oxygens (including phenoxy) is 1. The molecule has 1 fully saturated rings. The Labute approximate surface area is 191 Å². The van der Waals surface area contributed by atoms with Crippen LogP contribution in [0.5, 0.6) is 5.75 Å². The van der Waals surface area contributed by atoms with Gasteiger partial charge in [-0.05, 0) is 71.3 Å². The van der Waals surface area contributed by atoms with Gasteiger partial charge in [-0.2, -0.15) is 0 Å². The van der Waals surface area contributed by atoms with Crippen molar-refractivity contribution in [2.24, 2.45) is 5.92 Å². The van der Waals surface area contributed by atoms with Gasteiger partial charge in [-0.15, -0.1) is 0 Å². The van der Waals surface area contributed by atoms with E-state index in [9.17, 15) is 9.18 Å². The van der Waals surface area contributed by atoms with Crippen LogP contribution in [0, 0.1) is 11.7 Å². The van der Waals surface area contributed by atoms with Crippen molar-refractivity contribution < 1.29 is 13.9 Å². The maximum absolute atomic E-state index is 13.7. The highest BCUT2D eigenvalue weighted by atomic mass is 32.1. The molecule has 170 valence electrons. The van der Waals surface area contributed by atoms with Gasteiger partial charge in [0, 0.05) is 12.5 Å². The van der Waals surface area contributed by atoms with Gasteiger partial charge >= 0.3 is 0 Å². The van der Waals surface area contributed by atoms with Crippen LogP contribution in [0.2, 0.25) is 0 Å². The van der Waals surface area contributed by atoms with Crippen molar-refractivity contribution in [1.82, 2.24) is 19.9 Å². The van der Waals surface area contributed by atoms with Crippen molar-refractivity contribution in [1.29, 1.82) is 0 Å². The van der Waals surface area contributed by atoms with Crippen LogP contribution in [0.15, 0.2) is 24.5 Å². The number of Topliss-reactive ketones (excluding diaryl/α,β-unsaturated/α-hetero) is 1. The molecule has 0 aliphatic carbocycles. The Morgan fingerprint density at radius 2 is 2.09 bits per heavy atom. The Morgan fingerprint density at radius 3 is 2.84 bits per heavy atom. The van der Waals surface area contributed by atoms with Gasteiger partial charge in [0.15, 0.2) is 16.6 Å². The van der Waals surface area contributed by atoms with E-state index in [0.717, 1.165) is 32.4 Å². The molecule has 0 bridgehead atoms. The molecule has 0 radical (unpaired) electrons. The van der Waals surface area contributed by atoms with E-state index in [1.807, 2.05) is 13.8 Å². The third-order valence-corrected chi connectivity index (χ3v) is 6.62. The summed E-state index contributed by atoms with van der Waals surface area (Å²) >= 11 is 1.28. The molecule has 0 saturated carbocycles. The second-order valence-electron chi connectivity index (χ2n) is 8.54. The maximum atomic E-state index is 13.7. The van der Waals surface area contributed by atoms with E-state index in [1.165, 1.54) is 29.8 Å². The molecule has 4 rings (SSSR count). The summed E-state index contributed by atoms with van der Waals surface area (Å²) in [4.78, 5) is 28.9. The zero-order valence-corrected chi connectivity index (χ0v) is 19.4. The van der Waals surface area contributed by atoms with E-state index in [4.69, 9.17) is 4.74 Å². The van der Waals surface area contributed by atoms with Crippen LogP contribution in [0.4, 0.5) is 15.9 Å². The molecule has 7 nitrogen and oxygen atoms in total. The predicted octanol–water partition coefficient (Wildman–Crippen LogP) is 5.06. The topological polar surface area (TPSA) is 80.2 Å². The van der Waals surface area contributed by atoms with Gasteiger partial charge in [0.1, 0.15) is 28.2 Å². The van der Waals surface area contributed by atoms with Crippen LogP contribution in [-0.4, -0.2) is 51.9 Å². The van der Waals surface area contributed by atoms with Gasteiger partial charge in [0.05, 0.1) is 11.8 Å². The fourth-order valence-corrected chi connectivity index (χ4v) is 4.71. The summed E-state index contributed by atoms with van der Waals surface area (Å²) in [6.45, 7) is 5.94. The quantitative estimate of drug-likeness (QED) is 0.474. The number of fused-ring (bicyclic) bond motifs is 1. The highest BCUT2D eigenvalue weighted by molar-refractivity contribution is 7.20. The predicted molar refractivity (Wildman–Crippen MR) is 124 cm³/mol. The Morgan fingerprint density at radius 1 is 1.31 bits per heavy atom. The van der Waals surface area contributed by atoms with E-state index in [1.54, 1.807) is 6.07 Å². The van der Waals surface area contributed by atoms with E-state index in [2.05, 4.69) is 32.2 Å². The van der Waals surface area contributed by atoms with Crippen molar-refractivity contribution >= 4 is 39.0 Å². The molecule has 2 aromatic heterocycles. The SMILES string of the molecule is CC(C)Oc1cc(F)ccc1Nc1ncnc2sc(C(=O)CCC3CCN(C)CC3)nc12. The first kappa shape index (κ1) is 22.5. The Balaban J connectivity index is 1.51. The first-order valence-electron chi connectivity index (χ1n) is 11.0. The number of hydrogen-bond acceptors (Lipinski definition) is 8. The number of rotatable bonds is 8. The summed E-state index contributed by atoms with van der Waals surface area (Å²) in [7, 11) is 2.14. The van der Waals surface area contributed by atoms with Gasteiger partial charge < -0.3 is 15.0 Å². The summed E-state index contributed by atoms with van der Waals surface area (Å²) in [6, 6.07) is 4.29. The fourth-order valence-electron chi connectivity index (χ4n) is 3.84. The van der Waals surface area contributed by atoms with Gasteiger partial charge in [-0.1, -0.05) is 11.3 Å². The number of aromatic nitrogens is 3. The summed E-state index contributed by atoms with van der Waals surface area (Å²) < 4.78 is 19.5. The molecule has 9 heteroatoms. The standard InChI is InChI=1S/C23H28FN5O2S/c1-14(2)31-19-12-16(24)5-6-17(19)27-21-20-23(26-13-25-21)32-22(28-20)18(30)7-4-15-8-10-29(3)11-9-15/h5-6,12-15H,4,7-11H2,1-3H3,(H,25,26,27). The maximum Gasteiger partial charge on any atom is 0.191 e. The molecular weight excluding hydrogens is 429 g/mol. The van der Waals surface area contributed by atoms with Gasteiger partial charge in [0.2, 0.25) is 0 Å². The second kappa shape index (κ2) is 9.87. The first-order chi connectivity index (χ1) is 15.4. The first-order valence-corrected chi connectivity index (χ1v) is 11.8. The summed E-state index contributed by atoms with van der Waals surface area (Å²) in [5, 5.41) is 3.63. The number of carbonyl (C=O) groups excluding carboxylic acids is 1. The number of benzene rings is 1. The smallest absolute Gasteiger partial charge is 0.191 e. The second-order valence-corrected chi connectivity index (χ2v) is 9.51. The van der Waals surface area contributed by atoms with E-state index in [0.29, 0.717) is 44.9 Å². The molecule has 1 saturated heterocycles. The van der Waals surface area contributed by atoms with Crippen LogP contribution in [-0.2, 0) is 0 Å². The van der Waals surface area contributed by atoms with Gasteiger partial charge in [-0.3, -0.25) is 4.79 Å². The zero-order chi connectivity index (χ0) is 22.7. The number of ketones is 1. The molecule has 1 N–H and O–H groups in total. The highest BCUT2D eigenvalue weighted by Gasteiger charge is 2.21. The van der Waals surface area contributed by atoms with E-state index in [-0.39, 0.29) is 17.7 Å². The van der Waals surface area contributed by atoms with Crippen molar-refractivity contribution in [2.45, 2.75) is 45.6 Å². The number of hydrogen-bond donors (Lipinski definition) is 1. The van der Waals surface area contributed by atoms with Crippen LogP contribution < -0.4 is 10.1 Å². The van der Waals surface area contributed by atoms with Crippen LogP contribution in [0.1, 0.15) is 49.3 Å². The summed E-state index contributed by atoms with van der Waals surface area (Å²) in [5.74, 6) is 1.10. The zero-order valence-electron chi connectivity index (χ0n) is 18.6. The molecule has 0 spiro atoms. The minimum Gasteiger partial charge on any atom is -0.489 e. The van der Waals surface area contributed by atoms with Crippen molar-refractivity contribution in [3.63, 3.8) is 0 Å². The number of piperidine rings is 1. The molecule has 0 atom stereocenters. The molecule has 3 aromatic rings. The molecule has 1 aliphatic rings. The van der Waals surface area contributed by atoms with Gasteiger partial charge in [-0.25, -0.2) is 19.3 Å². The third-order valence-electron chi connectivity index (χ3n) is 5.61. The molecule has 1 aromatic carbocycles. The lowest BCUT2D eigenvalue weighted by Crippen LogP contribution is -2.30. The lowest BCUT2D eigenvalue weighted by molar-refractivity contribution is 0.0965. The van der Waals surface area contributed by atoms with Crippen LogP contribution >= 0.6 is 11.3 Å². The molecule has 0 amide bonds. The number of nitrogens with one attached hydrogen (secondary N) is 1.